The van der Waals surface area contributed by atoms with Gasteiger partial charge in [0.05, 0.1) is 46.6 Å². The predicted molar refractivity (Wildman–Crippen MR) is 229 cm³/mol. The molecule has 0 aliphatic heterocycles. The maximum Gasteiger partial charge on any atom is 0.138 e. The van der Waals surface area contributed by atoms with Gasteiger partial charge in [0.2, 0.25) is 0 Å². The monoisotopic (exact) mass is 773 g/mol. The molecule has 312 valence electrons. The minimum atomic E-state index is 0.00384. The summed E-state index contributed by atoms with van der Waals surface area (Å²) >= 11 is 0. The van der Waals surface area contributed by atoms with Crippen molar-refractivity contribution in [2.45, 2.75) is 209 Å². The average molecular weight is 773 g/mol. The minimum Gasteiger partial charge on any atom is -0.237 e. The highest BCUT2D eigenvalue weighted by Gasteiger charge is 2.30. The van der Waals surface area contributed by atoms with Crippen LogP contribution in [0.2, 0.25) is 0 Å². The zero-order valence-electron chi connectivity index (χ0n) is 39.7. The Bertz CT molecular complexity index is 1410. The predicted octanol–water partition coefficient (Wildman–Crippen LogP) is 9.87. The van der Waals surface area contributed by atoms with Crippen LogP contribution in [0, 0.1) is 0 Å². The number of nitrogens with zero attached hydrogens (tertiary/aromatic N) is 12. The molecule has 56 heavy (non-hydrogen) atoms. The van der Waals surface area contributed by atoms with Crippen molar-refractivity contribution in [3.05, 3.63) is 70.3 Å². The molecular formula is C44H76N12. The summed E-state index contributed by atoms with van der Waals surface area (Å²) in [6.07, 6.45) is 6.70. The fraction of sp³-hybridized carbons (Fsp3) is 0.727. The first kappa shape index (κ1) is 50.1. The van der Waals surface area contributed by atoms with Gasteiger partial charge in [0.1, 0.15) is 12.7 Å². The van der Waals surface area contributed by atoms with Crippen molar-refractivity contribution >= 4 is 0 Å². The van der Waals surface area contributed by atoms with Gasteiger partial charge in [0.15, 0.2) is 0 Å². The standard InChI is InChI=1S/4C11H19N3/c2*1-10(2,3)8-9(11(4,5)6)14-13-7-12-8;2*1-10(2,3)8-7-12-14-13-9(8)11(4,5)6/h4*7H,1-6H3. The molecule has 0 amide bonds. The summed E-state index contributed by atoms with van der Waals surface area (Å²) in [6.45, 7) is 51.5. The zero-order valence-corrected chi connectivity index (χ0v) is 39.7. The third kappa shape index (κ3) is 15.5. The highest BCUT2D eigenvalue weighted by Crippen LogP contribution is 2.33. The Morgan fingerprint density at radius 3 is 0.696 bits per heavy atom. The van der Waals surface area contributed by atoms with Crippen LogP contribution in [0.3, 0.4) is 0 Å². The van der Waals surface area contributed by atoms with Crippen molar-refractivity contribution in [1.29, 1.82) is 0 Å². The Kier molecular flexibility index (Phi) is 16.2. The molecule has 0 unspecified atom stereocenters. The molecule has 4 heterocycles. The van der Waals surface area contributed by atoms with Crippen molar-refractivity contribution in [1.82, 2.24) is 61.2 Å². The summed E-state index contributed by atoms with van der Waals surface area (Å²) in [4.78, 5) is 8.69. The molecule has 0 saturated carbocycles. The summed E-state index contributed by atoms with van der Waals surface area (Å²) in [5, 5.41) is 39.6. The van der Waals surface area contributed by atoms with Crippen molar-refractivity contribution in [2.75, 3.05) is 0 Å². The topological polar surface area (TPSA) is 155 Å². The van der Waals surface area contributed by atoms with Crippen molar-refractivity contribution in [3.8, 4) is 0 Å². The third-order valence-corrected chi connectivity index (χ3v) is 8.40. The summed E-state index contributed by atoms with van der Waals surface area (Å²) < 4.78 is 0. The molecule has 0 aromatic carbocycles. The maximum atomic E-state index is 4.34. The quantitative estimate of drug-likeness (QED) is 0.167. The largest absolute Gasteiger partial charge is 0.237 e. The van der Waals surface area contributed by atoms with E-state index in [0.717, 1.165) is 34.2 Å². The molecule has 0 bridgehead atoms. The van der Waals surface area contributed by atoms with E-state index in [1.165, 1.54) is 23.8 Å². The van der Waals surface area contributed by atoms with Crippen molar-refractivity contribution in [3.63, 3.8) is 0 Å². The summed E-state index contributed by atoms with van der Waals surface area (Å²) in [7, 11) is 0. The van der Waals surface area contributed by atoms with E-state index in [9.17, 15) is 0 Å². The van der Waals surface area contributed by atoms with Crippen LogP contribution < -0.4 is 0 Å². The Morgan fingerprint density at radius 1 is 0.268 bits per heavy atom. The van der Waals surface area contributed by atoms with Gasteiger partial charge in [-0.25, -0.2) is 9.97 Å². The molecule has 0 N–H and O–H groups in total. The molecule has 0 spiro atoms. The lowest BCUT2D eigenvalue weighted by molar-refractivity contribution is 0.487. The Labute approximate surface area is 340 Å². The summed E-state index contributed by atoms with van der Waals surface area (Å²) in [5.74, 6) is 0. The molecule has 12 heteroatoms. The van der Waals surface area contributed by atoms with Crippen LogP contribution in [0.4, 0.5) is 0 Å². The highest BCUT2D eigenvalue weighted by atomic mass is 15.3. The van der Waals surface area contributed by atoms with Crippen LogP contribution in [-0.2, 0) is 43.3 Å². The molecule has 4 aromatic heterocycles. The van der Waals surface area contributed by atoms with Gasteiger partial charge in [0, 0.05) is 43.6 Å². The second-order valence-electron chi connectivity index (χ2n) is 22.7. The number of aromatic nitrogens is 12. The SMILES string of the molecule is CC(C)(C)c1cnnnc1C(C)(C)C.CC(C)(C)c1cnnnc1C(C)(C)C.CC(C)(C)c1ncnnc1C(C)(C)C.CC(C)(C)c1ncnnc1C(C)(C)C. The highest BCUT2D eigenvalue weighted by molar-refractivity contribution is 5.30. The maximum absolute atomic E-state index is 4.34. The van der Waals surface area contributed by atoms with Gasteiger partial charge in [-0.05, 0) is 21.3 Å². The van der Waals surface area contributed by atoms with Gasteiger partial charge < -0.3 is 0 Å². The second kappa shape index (κ2) is 18.1. The lowest BCUT2D eigenvalue weighted by Gasteiger charge is -2.26. The first-order valence-electron chi connectivity index (χ1n) is 19.7. The molecule has 0 radical (unpaired) electrons. The average Bonchev–Trinajstić information content (AvgIpc) is 3.03. The van der Waals surface area contributed by atoms with Crippen LogP contribution in [0.15, 0.2) is 25.0 Å². The summed E-state index contributed by atoms with van der Waals surface area (Å²) in [6, 6.07) is 0. The van der Waals surface area contributed by atoms with Gasteiger partial charge in [-0.3, -0.25) is 0 Å². The number of rotatable bonds is 0. The molecule has 0 aliphatic rings. The molecule has 0 fully saturated rings. The molecule has 4 aromatic rings. The van der Waals surface area contributed by atoms with E-state index in [-0.39, 0.29) is 43.3 Å². The fourth-order valence-corrected chi connectivity index (χ4v) is 5.40. The van der Waals surface area contributed by atoms with Crippen LogP contribution in [0.1, 0.15) is 211 Å². The smallest absolute Gasteiger partial charge is 0.138 e. The number of hydrogen-bond acceptors (Lipinski definition) is 12. The molecular weight excluding hydrogens is 697 g/mol. The first-order valence-corrected chi connectivity index (χ1v) is 19.7. The molecule has 0 atom stereocenters. The van der Waals surface area contributed by atoms with E-state index in [0.29, 0.717) is 0 Å². The van der Waals surface area contributed by atoms with Crippen LogP contribution in [0.5, 0.6) is 0 Å². The second-order valence-corrected chi connectivity index (χ2v) is 22.7. The third-order valence-electron chi connectivity index (χ3n) is 8.40. The van der Waals surface area contributed by atoms with Gasteiger partial charge >= 0.3 is 0 Å². The van der Waals surface area contributed by atoms with Gasteiger partial charge in [0.25, 0.3) is 0 Å². The zero-order chi connectivity index (χ0) is 43.9. The fourth-order valence-electron chi connectivity index (χ4n) is 5.40. The molecule has 0 saturated heterocycles. The van der Waals surface area contributed by atoms with E-state index in [4.69, 9.17) is 0 Å². The van der Waals surface area contributed by atoms with Crippen LogP contribution in [-0.4, -0.2) is 61.2 Å². The number of hydrogen-bond donors (Lipinski definition) is 0. The molecule has 0 aliphatic carbocycles. The lowest BCUT2D eigenvalue weighted by Crippen LogP contribution is -2.25. The molecule has 12 nitrogen and oxygen atoms in total. The van der Waals surface area contributed by atoms with Crippen LogP contribution in [0.25, 0.3) is 0 Å². The Balaban J connectivity index is 0.000000373. The minimum absolute atomic E-state index is 0.00384. The molecule has 4 rings (SSSR count). The first-order chi connectivity index (χ1) is 24.9. The Morgan fingerprint density at radius 2 is 0.518 bits per heavy atom. The van der Waals surface area contributed by atoms with Crippen molar-refractivity contribution in [2.24, 2.45) is 0 Å². The van der Waals surface area contributed by atoms with E-state index in [1.807, 2.05) is 12.4 Å². The van der Waals surface area contributed by atoms with E-state index in [1.54, 1.807) is 0 Å². The van der Waals surface area contributed by atoms with Gasteiger partial charge in [-0.1, -0.05) is 166 Å². The van der Waals surface area contributed by atoms with Gasteiger partial charge in [-0.15, -0.1) is 30.6 Å². The van der Waals surface area contributed by atoms with Gasteiger partial charge in [-0.2, -0.15) is 10.2 Å². The lowest BCUT2D eigenvalue weighted by atomic mass is 9.79. The normalized spacial score (nSPS) is 13.0. The Hall–Kier alpha value is -3.96. The van der Waals surface area contributed by atoms with Crippen molar-refractivity contribution < 1.29 is 0 Å². The van der Waals surface area contributed by atoms with E-state index >= 15 is 0 Å². The van der Waals surface area contributed by atoms with Crippen LogP contribution >= 0.6 is 0 Å². The van der Waals surface area contributed by atoms with E-state index < -0.39 is 0 Å². The van der Waals surface area contributed by atoms with E-state index in [2.05, 4.69) is 227 Å². The summed E-state index contributed by atoms with van der Waals surface area (Å²) in [5.41, 5.74) is 8.78.